The average Bonchev–Trinajstić information content (AvgIpc) is 2.98. The van der Waals surface area contributed by atoms with E-state index in [1.807, 2.05) is 36.4 Å². The number of rotatable bonds is 6. The zero-order valence-corrected chi connectivity index (χ0v) is 15.5. The Hall–Kier alpha value is -3.39. The van der Waals surface area contributed by atoms with Crippen molar-refractivity contribution < 1.29 is 19.8 Å². The van der Waals surface area contributed by atoms with Crippen molar-refractivity contribution in [3.8, 4) is 5.75 Å². The van der Waals surface area contributed by atoms with Crippen molar-refractivity contribution in [3.05, 3.63) is 66.2 Å². The first-order chi connectivity index (χ1) is 13.5. The summed E-state index contributed by atoms with van der Waals surface area (Å²) in [6, 6.07) is 15.7. The Kier molecular flexibility index (Phi) is 6.23. The maximum absolute atomic E-state index is 12.6. The summed E-state index contributed by atoms with van der Waals surface area (Å²) in [4.78, 5) is 25.0. The summed E-state index contributed by atoms with van der Waals surface area (Å²) in [6.45, 7) is 0. The van der Waals surface area contributed by atoms with Crippen LogP contribution in [0.1, 0.15) is 12.0 Å². The minimum atomic E-state index is -1.06. The lowest BCUT2D eigenvalue weighted by Crippen LogP contribution is -2.32. The second-order valence-corrected chi connectivity index (χ2v) is 6.98. The van der Waals surface area contributed by atoms with Crippen molar-refractivity contribution in [3.63, 3.8) is 0 Å². The molecular formula is C20H17N3O4S. The molecule has 3 rings (SSSR count). The molecule has 0 aliphatic carbocycles. The topological polar surface area (TPSA) is 103 Å². The standard InChI is InChI=1S/C20H17N3O4S/c24-16-10-8-15(9-11-16)23-19(27)17(13-18(25)26)28-20(23)22-21-12-4-7-14-5-2-1-3-6-14/h1-12,17,24H,13H2,(H,25,26)/b7-4+,21-12-,22-20-/t17-/m0/s1. The molecule has 0 aromatic heterocycles. The van der Waals surface area contributed by atoms with Crippen LogP contribution in [0.4, 0.5) is 5.69 Å². The highest BCUT2D eigenvalue weighted by Gasteiger charge is 2.40. The first-order valence-electron chi connectivity index (χ1n) is 8.39. The van der Waals surface area contributed by atoms with Gasteiger partial charge in [0.2, 0.25) is 5.91 Å². The number of amides is 1. The van der Waals surface area contributed by atoms with E-state index in [9.17, 15) is 14.7 Å². The molecule has 1 atom stereocenters. The van der Waals surface area contributed by atoms with Gasteiger partial charge in [0.05, 0.1) is 12.1 Å². The molecule has 2 aromatic rings. The smallest absolute Gasteiger partial charge is 0.305 e. The van der Waals surface area contributed by atoms with E-state index in [4.69, 9.17) is 5.11 Å². The number of carboxylic acid groups (broad SMARTS) is 1. The van der Waals surface area contributed by atoms with Crippen molar-refractivity contribution in [1.29, 1.82) is 0 Å². The molecule has 2 N–H and O–H groups in total. The third-order valence-corrected chi connectivity index (χ3v) is 4.91. The molecule has 28 heavy (non-hydrogen) atoms. The van der Waals surface area contributed by atoms with Crippen LogP contribution in [0.3, 0.4) is 0 Å². The number of aliphatic carboxylic acids is 1. The number of carbonyl (C=O) groups excluding carboxylic acids is 1. The number of hydrogen-bond acceptors (Lipinski definition) is 6. The third kappa shape index (κ3) is 4.86. The van der Waals surface area contributed by atoms with Gasteiger partial charge in [-0.05, 0) is 35.9 Å². The summed E-state index contributed by atoms with van der Waals surface area (Å²) in [5, 5.41) is 26.0. The van der Waals surface area contributed by atoms with Gasteiger partial charge in [-0.25, -0.2) is 0 Å². The van der Waals surface area contributed by atoms with Crippen LogP contribution in [-0.4, -0.2) is 38.7 Å². The number of hydrogen-bond donors (Lipinski definition) is 2. The number of aromatic hydroxyl groups is 1. The number of benzene rings is 2. The van der Waals surface area contributed by atoms with Gasteiger partial charge in [-0.1, -0.05) is 48.2 Å². The number of allylic oxidation sites excluding steroid dienone is 1. The highest BCUT2D eigenvalue weighted by atomic mass is 32.2. The van der Waals surface area contributed by atoms with Gasteiger partial charge in [0.25, 0.3) is 0 Å². The summed E-state index contributed by atoms with van der Waals surface area (Å²) in [5.74, 6) is -1.38. The number of amidine groups is 1. The van der Waals surface area contributed by atoms with Crippen LogP contribution in [0.25, 0.3) is 6.08 Å². The molecule has 0 unspecified atom stereocenters. The van der Waals surface area contributed by atoms with Crippen LogP contribution in [0.5, 0.6) is 5.75 Å². The normalized spacial score (nSPS) is 18.6. The van der Waals surface area contributed by atoms with Gasteiger partial charge < -0.3 is 10.2 Å². The molecule has 8 heteroatoms. The molecule has 0 spiro atoms. The van der Waals surface area contributed by atoms with E-state index in [2.05, 4.69) is 10.2 Å². The van der Waals surface area contributed by atoms with E-state index in [-0.39, 0.29) is 23.2 Å². The van der Waals surface area contributed by atoms with E-state index in [1.54, 1.807) is 18.2 Å². The van der Waals surface area contributed by atoms with Gasteiger partial charge in [-0.3, -0.25) is 14.5 Å². The molecule has 0 bridgehead atoms. The Morgan fingerprint density at radius 1 is 1.14 bits per heavy atom. The molecule has 1 saturated heterocycles. The fourth-order valence-corrected chi connectivity index (χ4v) is 3.59. The molecule has 0 saturated carbocycles. The number of phenols is 1. The third-order valence-electron chi connectivity index (χ3n) is 3.79. The summed E-state index contributed by atoms with van der Waals surface area (Å²) < 4.78 is 0. The van der Waals surface area contributed by atoms with E-state index in [0.717, 1.165) is 17.3 Å². The number of phenolic OH excluding ortho intramolecular Hbond substituents is 1. The molecule has 1 amide bonds. The molecular weight excluding hydrogens is 378 g/mol. The van der Waals surface area contributed by atoms with Crippen LogP contribution in [-0.2, 0) is 9.59 Å². The minimum absolute atomic E-state index is 0.0627. The number of carbonyl (C=O) groups is 2. The first kappa shape index (κ1) is 19.4. The fraction of sp³-hybridized carbons (Fsp3) is 0.100. The second-order valence-electron chi connectivity index (χ2n) is 5.81. The van der Waals surface area contributed by atoms with E-state index in [1.165, 1.54) is 23.2 Å². The zero-order valence-electron chi connectivity index (χ0n) is 14.7. The van der Waals surface area contributed by atoms with Crippen molar-refractivity contribution in [1.82, 2.24) is 0 Å². The number of thioether (sulfide) groups is 1. The lowest BCUT2D eigenvalue weighted by molar-refractivity contribution is -0.138. The predicted molar refractivity (Wildman–Crippen MR) is 111 cm³/mol. The van der Waals surface area contributed by atoms with Gasteiger partial charge in [0, 0.05) is 6.21 Å². The largest absolute Gasteiger partial charge is 0.508 e. The lowest BCUT2D eigenvalue weighted by atomic mass is 10.2. The average molecular weight is 395 g/mol. The Bertz CT molecular complexity index is 940. The van der Waals surface area contributed by atoms with Crippen molar-refractivity contribution in [2.45, 2.75) is 11.7 Å². The lowest BCUT2D eigenvalue weighted by Gasteiger charge is -2.15. The van der Waals surface area contributed by atoms with Crippen LogP contribution in [0, 0.1) is 0 Å². The number of anilines is 1. The fourth-order valence-electron chi connectivity index (χ4n) is 2.50. The van der Waals surface area contributed by atoms with Gasteiger partial charge in [0.1, 0.15) is 11.0 Å². The van der Waals surface area contributed by atoms with Gasteiger partial charge >= 0.3 is 5.97 Å². The van der Waals surface area contributed by atoms with Crippen molar-refractivity contribution in [2.75, 3.05) is 4.90 Å². The molecule has 1 aliphatic heterocycles. The molecule has 1 heterocycles. The molecule has 1 aliphatic rings. The Labute approximate surface area is 165 Å². The summed E-state index contributed by atoms with van der Waals surface area (Å²) in [6.07, 6.45) is 4.77. The summed E-state index contributed by atoms with van der Waals surface area (Å²) in [7, 11) is 0. The Morgan fingerprint density at radius 2 is 1.86 bits per heavy atom. The SMILES string of the molecule is O=C(O)C[C@@H]1S\C(=N/N=C\C=C\c2ccccc2)N(c2ccc(O)cc2)C1=O. The van der Waals surface area contributed by atoms with Gasteiger partial charge in [-0.2, -0.15) is 5.10 Å². The van der Waals surface area contributed by atoms with E-state index in [0.29, 0.717) is 5.69 Å². The molecule has 0 radical (unpaired) electrons. The van der Waals surface area contributed by atoms with E-state index < -0.39 is 11.2 Å². The van der Waals surface area contributed by atoms with Crippen molar-refractivity contribution >= 4 is 46.8 Å². The van der Waals surface area contributed by atoms with E-state index >= 15 is 0 Å². The summed E-state index contributed by atoms with van der Waals surface area (Å²) in [5.41, 5.74) is 1.50. The zero-order chi connectivity index (χ0) is 19.9. The molecule has 142 valence electrons. The Morgan fingerprint density at radius 3 is 2.54 bits per heavy atom. The maximum atomic E-state index is 12.6. The van der Waals surface area contributed by atoms with Crippen molar-refractivity contribution in [2.24, 2.45) is 10.2 Å². The number of nitrogens with zero attached hydrogens (tertiary/aromatic N) is 3. The van der Waals surface area contributed by atoms with Crippen LogP contribution in [0.15, 0.2) is 70.9 Å². The minimum Gasteiger partial charge on any atom is -0.508 e. The van der Waals surface area contributed by atoms with Gasteiger partial charge in [-0.15, -0.1) is 5.10 Å². The highest BCUT2D eigenvalue weighted by Crippen LogP contribution is 2.34. The maximum Gasteiger partial charge on any atom is 0.305 e. The Balaban J connectivity index is 1.80. The summed E-state index contributed by atoms with van der Waals surface area (Å²) >= 11 is 1.05. The van der Waals surface area contributed by atoms with Crippen LogP contribution >= 0.6 is 11.8 Å². The molecule has 7 nitrogen and oxygen atoms in total. The quantitative estimate of drug-likeness (QED) is 0.577. The first-order valence-corrected chi connectivity index (χ1v) is 9.27. The molecule has 2 aromatic carbocycles. The number of carboxylic acids is 1. The predicted octanol–water partition coefficient (Wildman–Crippen LogP) is 3.37. The molecule has 1 fully saturated rings. The monoisotopic (exact) mass is 395 g/mol. The second kappa shape index (κ2) is 9.01. The van der Waals surface area contributed by atoms with Crippen LogP contribution in [0.2, 0.25) is 0 Å². The van der Waals surface area contributed by atoms with Gasteiger partial charge in [0.15, 0.2) is 5.17 Å². The highest BCUT2D eigenvalue weighted by molar-refractivity contribution is 8.16. The van der Waals surface area contributed by atoms with Crippen LogP contribution < -0.4 is 4.90 Å².